The van der Waals surface area contributed by atoms with E-state index in [0.29, 0.717) is 34.7 Å². The van der Waals surface area contributed by atoms with Gasteiger partial charge in [-0.3, -0.25) is 9.59 Å². The summed E-state index contributed by atoms with van der Waals surface area (Å²) in [4.78, 5) is 35.2. The third kappa shape index (κ3) is 5.11. The second-order valence-corrected chi connectivity index (χ2v) is 8.74. The zero-order valence-corrected chi connectivity index (χ0v) is 20.7. The third-order valence-corrected chi connectivity index (χ3v) is 5.99. The van der Waals surface area contributed by atoms with Crippen LogP contribution in [-0.2, 0) is 17.9 Å². The fourth-order valence-electron chi connectivity index (χ4n) is 3.94. The van der Waals surface area contributed by atoms with Crippen molar-refractivity contribution in [3.63, 3.8) is 0 Å². The zero-order valence-electron chi connectivity index (χ0n) is 20.7. The first-order valence-corrected chi connectivity index (χ1v) is 11.7. The predicted molar refractivity (Wildman–Crippen MR) is 139 cm³/mol. The summed E-state index contributed by atoms with van der Waals surface area (Å²) in [5.41, 5.74) is 3.89. The van der Waals surface area contributed by atoms with Crippen LogP contribution in [0.1, 0.15) is 16.8 Å². The highest BCUT2D eigenvalue weighted by molar-refractivity contribution is 5.83. The lowest BCUT2D eigenvalue weighted by molar-refractivity contribution is -0.121. The highest BCUT2D eigenvalue weighted by Gasteiger charge is 2.19. The fraction of sp³-hybridized carbons (Fsp3) is 0.179. The lowest BCUT2D eigenvalue weighted by Crippen LogP contribution is -2.28. The van der Waals surface area contributed by atoms with Gasteiger partial charge in [0.1, 0.15) is 23.5 Å². The smallest absolute Gasteiger partial charge is 0.263 e. The van der Waals surface area contributed by atoms with Gasteiger partial charge in [0, 0.05) is 24.0 Å². The number of amides is 1. The standard InChI is InChI=1S/C28H25N5O4/c1-17-4-7-19(8-5-17)14-29-24(34)16-33-15-23(25(35)22-13-6-18(2)30-27(22)33)28-31-26(32-37-28)20-9-11-21(36-3)12-10-20/h4-13,15H,14,16H2,1-3H3,(H,29,34). The molecule has 186 valence electrons. The molecule has 0 aliphatic rings. The number of pyridine rings is 2. The van der Waals surface area contributed by atoms with Crippen molar-refractivity contribution in [3.05, 3.63) is 93.9 Å². The Balaban J connectivity index is 1.47. The van der Waals surface area contributed by atoms with Crippen molar-refractivity contribution in [2.24, 2.45) is 0 Å². The van der Waals surface area contributed by atoms with Crippen molar-refractivity contribution in [2.45, 2.75) is 26.9 Å². The van der Waals surface area contributed by atoms with Crippen LogP contribution in [0.25, 0.3) is 33.9 Å². The van der Waals surface area contributed by atoms with Gasteiger partial charge in [0.05, 0.1) is 12.5 Å². The molecule has 0 fully saturated rings. The number of nitrogens with zero attached hydrogens (tertiary/aromatic N) is 4. The molecule has 0 saturated carbocycles. The molecule has 1 N–H and O–H groups in total. The summed E-state index contributed by atoms with van der Waals surface area (Å²) in [6.45, 7) is 4.20. The van der Waals surface area contributed by atoms with Gasteiger partial charge < -0.3 is 19.1 Å². The second kappa shape index (κ2) is 10.1. The minimum Gasteiger partial charge on any atom is -0.497 e. The molecule has 0 bridgehead atoms. The minimum atomic E-state index is -0.302. The van der Waals surface area contributed by atoms with E-state index in [0.717, 1.165) is 16.8 Å². The van der Waals surface area contributed by atoms with E-state index in [2.05, 4.69) is 20.4 Å². The SMILES string of the molecule is COc1ccc(-c2noc(-c3cn(CC(=O)NCc4ccc(C)cc4)c4nc(C)ccc4c3=O)n2)cc1. The van der Waals surface area contributed by atoms with Crippen LogP contribution in [0.15, 0.2) is 76.2 Å². The van der Waals surface area contributed by atoms with Gasteiger partial charge in [-0.25, -0.2) is 4.98 Å². The highest BCUT2D eigenvalue weighted by Crippen LogP contribution is 2.24. The molecule has 0 aliphatic heterocycles. The first-order chi connectivity index (χ1) is 17.9. The molecule has 0 spiro atoms. The third-order valence-electron chi connectivity index (χ3n) is 5.99. The quantitative estimate of drug-likeness (QED) is 0.362. The monoisotopic (exact) mass is 495 g/mol. The lowest BCUT2D eigenvalue weighted by Gasteiger charge is -2.12. The molecular weight excluding hydrogens is 470 g/mol. The van der Waals surface area contributed by atoms with Crippen LogP contribution in [0.4, 0.5) is 0 Å². The number of aromatic nitrogens is 4. The van der Waals surface area contributed by atoms with Crippen LogP contribution in [-0.4, -0.2) is 32.7 Å². The van der Waals surface area contributed by atoms with Crippen molar-refractivity contribution in [3.8, 4) is 28.6 Å². The van der Waals surface area contributed by atoms with Crippen molar-refractivity contribution in [2.75, 3.05) is 7.11 Å². The number of fused-ring (bicyclic) bond motifs is 1. The van der Waals surface area contributed by atoms with Crippen LogP contribution < -0.4 is 15.5 Å². The first kappa shape index (κ1) is 23.9. The van der Waals surface area contributed by atoms with Crippen molar-refractivity contribution in [1.82, 2.24) is 25.0 Å². The molecule has 0 unspecified atom stereocenters. The Morgan fingerprint density at radius 2 is 1.76 bits per heavy atom. The summed E-state index contributed by atoms with van der Waals surface area (Å²) in [5.74, 6) is 0.881. The van der Waals surface area contributed by atoms with Gasteiger partial charge in [-0.05, 0) is 55.8 Å². The Labute approximate surface area is 212 Å². The molecule has 0 saturated heterocycles. The first-order valence-electron chi connectivity index (χ1n) is 11.7. The number of nitrogens with one attached hydrogen (secondary N) is 1. The Morgan fingerprint density at radius 3 is 2.49 bits per heavy atom. The number of methoxy groups -OCH3 is 1. The predicted octanol–water partition coefficient (Wildman–Crippen LogP) is 4.06. The van der Waals surface area contributed by atoms with Crippen LogP contribution in [0.2, 0.25) is 0 Å². The van der Waals surface area contributed by atoms with E-state index in [1.165, 1.54) is 0 Å². The number of hydrogen-bond donors (Lipinski definition) is 1. The van der Waals surface area contributed by atoms with E-state index in [1.54, 1.807) is 54.3 Å². The molecule has 9 heteroatoms. The molecule has 0 atom stereocenters. The topological polar surface area (TPSA) is 112 Å². The van der Waals surface area contributed by atoms with E-state index in [9.17, 15) is 9.59 Å². The summed E-state index contributed by atoms with van der Waals surface area (Å²) in [7, 11) is 1.59. The molecule has 9 nitrogen and oxygen atoms in total. The van der Waals surface area contributed by atoms with Crippen LogP contribution in [0.5, 0.6) is 5.75 Å². The summed E-state index contributed by atoms with van der Waals surface area (Å²) in [5, 5.41) is 7.33. The summed E-state index contributed by atoms with van der Waals surface area (Å²) < 4.78 is 12.3. The van der Waals surface area contributed by atoms with Gasteiger partial charge in [0.15, 0.2) is 0 Å². The maximum Gasteiger partial charge on any atom is 0.263 e. The maximum absolute atomic E-state index is 13.3. The summed E-state index contributed by atoms with van der Waals surface area (Å²) in [6.07, 6.45) is 1.55. The minimum absolute atomic E-state index is 0.0361. The Hall–Kier alpha value is -4.79. The average molecular weight is 496 g/mol. The highest BCUT2D eigenvalue weighted by atomic mass is 16.5. The van der Waals surface area contributed by atoms with Crippen molar-refractivity contribution >= 4 is 16.9 Å². The number of carbonyl (C=O) groups is 1. The van der Waals surface area contributed by atoms with E-state index in [4.69, 9.17) is 9.26 Å². The Kier molecular flexibility index (Phi) is 6.51. The van der Waals surface area contributed by atoms with Gasteiger partial charge >= 0.3 is 0 Å². The molecule has 37 heavy (non-hydrogen) atoms. The molecule has 5 rings (SSSR count). The summed E-state index contributed by atoms with van der Waals surface area (Å²) in [6, 6.07) is 18.6. The van der Waals surface area contributed by atoms with Crippen molar-refractivity contribution < 1.29 is 14.1 Å². The second-order valence-electron chi connectivity index (χ2n) is 8.74. The van der Waals surface area contributed by atoms with E-state index in [-0.39, 0.29) is 29.3 Å². The number of ether oxygens (including phenoxy) is 1. The Morgan fingerprint density at radius 1 is 1.00 bits per heavy atom. The zero-order chi connectivity index (χ0) is 25.9. The largest absolute Gasteiger partial charge is 0.497 e. The molecule has 0 aliphatic carbocycles. The molecule has 3 aromatic heterocycles. The molecular formula is C28H25N5O4. The lowest BCUT2D eigenvalue weighted by atomic mass is 10.1. The van der Waals surface area contributed by atoms with Crippen LogP contribution in [0.3, 0.4) is 0 Å². The van der Waals surface area contributed by atoms with Crippen molar-refractivity contribution in [1.29, 1.82) is 0 Å². The van der Waals surface area contributed by atoms with Gasteiger partial charge in [-0.15, -0.1) is 0 Å². The van der Waals surface area contributed by atoms with Gasteiger partial charge in [0.25, 0.3) is 5.89 Å². The van der Waals surface area contributed by atoms with E-state index in [1.807, 2.05) is 38.1 Å². The van der Waals surface area contributed by atoms with Crippen LogP contribution in [0, 0.1) is 13.8 Å². The number of rotatable bonds is 7. The number of carbonyl (C=O) groups excluding carboxylic acids is 1. The van der Waals surface area contributed by atoms with E-state index >= 15 is 0 Å². The molecule has 2 aromatic carbocycles. The average Bonchev–Trinajstić information content (AvgIpc) is 3.40. The van der Waals surface area contributed by atoms with Gasteiger partial charge in [0.2, 0.25) is 17.2 Å². The van der Waals surface area contributed by atoms with Gasteiger partial charge in [-0.1, -0.05) is 35.0 Å². The molecule has 5 aromatic rings. The Bertz CT molecular complexity index is 1640. The summed E-state index contributed by atoms with van der Waals surface area (Å²) >= 11 is 0. The fourth-order valence-corrected chi connectivity index (χ4v) is 3.94. The number of benzene rings is 2. The molecule has 1 amide bonds. The number of aryl methyl sites for hydroxylation is 2. The molecule has 0 radical (unpaired) electrons. The normalized spacial score (nSPS) is 11.0. The number of hydrogen-bond acceptors (Lipinski definition) is 7. The molecule has 3 heterocycles. The maximum atomic E-state index is 13.3. The van der Waals surface area contributed by atoms with Crippen LogP contribution >= 0.6 is 0 Å². The van der Waals surface area contributed by atoms with E-state index < -0.39 is 0 Å². The van der Waals surface area contributed by atoms with Gasteiger partial charge in [-0.2, -0.15) is 4.98 Å².